The van der Waals surface area contributed by atoms with Crippen LogP contribution in [0, 0.1) is 0 Å². The average Bonchev–Trinajstić information content (AvgIpc) is 3.35. The van der Waals surface area contributed by atoms with Crippen LogP contribution in [-0.2, 0) is 5.41 Å². The maximum absolute atomic E-state index is 12.5. The third-order valence-electron chi connectivity index (χ3n) is 5.25. The Morgan fingerprint density at radius 2 is 1.46 bits per heavy atom. The lowest BCUT2D eigenvalue weighted by Gasteiger charge is -2.18. The molecule has 10 nitrogen and oxygen atoms in total. The lowest BCUT2D eigenvalue weighted by atomic mass is 9.87. The first kappa shape index (κ1) is 25.5. The number of hydrogen-bond donors (Lipinski definition) is 2. The van der Waals surface area contributed by atoms with Crippen LogP contribution in [0.25, 0.3) is 11.4 Å². The number of aromatic nitrogens is 2. The minimum absolute atomic E-state index is 0.0295. The first-order chi connectivity index (χ1) is 16.7. The van der Waals surface area contributed by atoms with E-state index in [0.717, 1.165) is 5.56 Å². The molecule has 3 rings (SSSR count). The Balaban J connectivity index is 1.54. The van der Waals surface area contributed by atoms with Crippen LogP contribution in [0.15, 0.2) is 40.9 Å². The zero-order valence-electron chi connectivity index (χ0n) is 20.7. The molecular weight excluding hydrogens is 452 g/mol. The first-order valence-corrected chi connectivity index (χ1v) is 11.0. The fraction of sp³-hybridized carbons (Fsp3) is 0.360. The molecule has 0 aliphatic carbocycles. The molecule has 0 atom stereocenters. The van der Waals surface area contributed by atoms with E-state index in [1.807, 2.05) is 24.3 Å². The number of methoxy groups -OCH3 is 3. The molecule has 35 heavy (non-hydrogen) atoms. The van der Waals surface area contributed by atoms with E-state index in [1.54, 1.807) is 12.1 Å². The molecule has 0 saturated heterocycles. The summed E-state index contributed by atoms with van der Waals surface area (Å²) in [5, 5.41) is 9.26. The van der Waals surface area contributed by atoms with Crippen molar-refractivity contribution in [3.63, 3.8) is 0 Å². The molecule has 0 spiro atoms. The summed E-state index contributed by atoms with van der Waals surface area (Å²) in [6, 6.07) is 10.9. The summed E-state index contributed by atoms with van der Waals surface area (Å²) in [6.45, 7) is 6.73. The zero-order chi connectivity index (χ0) is 25.6. The van der Waals surface area contributed by atoms with Gasteiger partial charge in [0.1, 0.15) is 0 Å². The Morgan fingerprint density at radius 1 is 0.886 bits per heavy atom. The number of hydrogen-bond acceptors (Lipinski definition) is 8. The van der Waals surface area contributed by atoms with Gasteiger partial charge >= 0.3 is 11.8 Å². The highest BCUT2D eigenvalue weighted by molar-refractivity contribution is 5.95. The number of rotatable bonds is 9. The van der Waals surface area contributed by atoms with Crippen molar-refractivity contribution in [1.82, 2.24) is 20.8 Å². The molecule has 1 heterocycles. The number of benzene rings is 2. The number of nitrogens with one attached hydrogen (secondary N) is 2. The Bertz CT molecular complexity index is 1160. The minimum atomic E-state index is -0.530. The summed E-state index contributed by atoms with van der Waals surface area (Å²) >= 11 is 0. The van der Waals surface area contributed by atoms with Crippen LogP contribution in [0.2, 0.25) is 0 Å². The van der Waals surface area contributed by atoms with Crippen molar-refractivity contribution in [2.45, 2.75) is 26.2 Å². The molecule has 0 unspecified atom stereocenters. The Labute approximate surface area is 204 Å². The largest absolute Gasteiger partial charge is 0.493 e. The lowest BCUT2D eigenvalue weighted by molar-refractivity contribution is 0.0898. The molecular formula is C25H30N4O6. The normalized spacial score (nSPS) is 11.0. The SMILES string of the molecule is COc1cc(C(=O)NCCNC(=O)c2nc(-c3ccc(C(C)(C)C)cc3)no2)cc(OC)c1OC. The van der Waals surface area contributed by atoms with Crippen LogP contribution in [0.4, 0.5) is 0 Å². The molecule has 0 aliphatic heterocycles. The quantitative estimate of drug-likeness (QED) is 0.446. The molecule has 0 bridgehead atoms. The number of carbonyl (C=O) groups is 2. The van der Waals surface area contributed by atoms with Crippen molar-refractivity contribution < 1.29 is 28.3 Å². The van der Waals surface area contributed by atoms with E-state index in [2.05, 4.69) is 41.5 Å². The monoisotopic (exact) mass is 482 g/mol. The molecule has 186 valence electrons. The van der Waals surface area contributed by atoms with Crippen LogP contribution in [0.5, 0.6) is 17.2 Å². The van der Waals surface area contributed by atoms with Gasteiger partial charge in [0.05, 0.1) is 21.3 Å². The van der Waals surface area contributed by atoms with E-state index < -0.39 is 5.91 Å². The second kappa shape index (κ2) is 10.9. The number of amides is 2. The molecule has 1 aromatic heterocycles. The van der Waals surface area contributed by atoms with Gasteiger partial charge in [0, 0.05) is 24.2 Å². The van der Waals surface area contributed by atoms with Crippen molar-refractivity contribution in [1.29, 1.82) is 0 Å². The van der Waals surface area contributed by atoms with Crippen molar-refractivity contribution in [2.24, 2.45) is 0 Å². The van der Waals surface area contributed by atoms with E-state index in [-0.39, 0.29) is 30.3 Å². The van der Waals surface area contributed by atoms with Crippen LogP contribution in [0.1, 0.15) is 47.4 Å². The fourth-order valence-electron chi connectivity index (χ4n) is 3.29. The Morgan fingerprint density at radius 3 is 1.97 bits per heavy atom. The third-order valence-corrected chi connectivity index (χ3v) is 5.25. The highest BCUT2D eigenvalue weighted by Crippen LogP contribution is 2.38. The first-order valence-electron chi connectivity index (χ1n) is 11.0. The smallest absolute Gasteiger partial charge is 0.316 e. The second-order valence-corrected chi connectivity index (χ2v) is 8.68. The molecule has 0 aliphatic rings. The summed E-state index contributed by atoms with van der Waals surface area (Å²) in [4.78, 5) is 29.1. The zero-order valence-corrected chi connectivity index (χ0v) is 20.7. The standard InChI is InChI=1S/C25H30N4O6/c1-25(2,3)17-9-7-15(8-10-17)21-28-24(35-29-21)23(31)27-12-11-26-22(30)16-13-18(32-4)20(34-6)19(14-16)33-5/h7-10,13-14H,11-12H2,1-6H3,(H,26,30)(H,27,31). The fourth-order valence-corrected chi connectivity index (χ4v) is 3.29. The predicted octanol–water partition coefficient (Wildman–Crippen LogP) is 3.22. The molecule has 2 N–H and O–H groups in total. The summed E-state index contributed by atoms with van der Waals surface area (Å²) in [5.41, 5.74) is 2.28. The van der Waals surface area contributed by atoms with Gasteiger partial charge in [0.15, 0.2) is 11.5 Å². The Hall–Kier alpha value is -4.08. The van der Waals surface area contributed by atoms with Gasteiger partial charge in [-0.3, -0.25) is 9.59 Å². The van der Waals surface area contributed by atoms with Gasteiger partial charge < -0.3 is 29.4 Å². The van der Waals surface area contributed by atoms with Gasteiger partial charge in [-0.25, -0.2) is 0 Å². The van der Waals surface area contributed by atoms with E-state index in [4.69, 9.17) is 18.7 Å². The summed E-state index contributed by atoms with van der Waals surface area (Å²) < 4.78 is 20.9. The van der Waals surface area contributed by atoms with Crippen molar-refractivity contribution >= 4 is 11.8 Å². The van der Waals surface area contributed by atoms with Crippen molar-refractivity contribution in [3.05, 3.63) is 53.4 Å². The van der Waals surface area contributed by atoms with Crippen molar-refractivity contribution in [3.8, 4) is 28.6 Å². The van der Waals surface area contributed by atoms with Crippen LogP contribution >= 0.6 is 0 Å². The Kier molecular flexibility index (Phi) is 7.95. The summed E-state index contributed by atoms with van der Waals surface area (Å²) in [5.74, 6) is 0.399. The number of ether oxygens (including phenoxy) is 3. The average molecular weight is 483 g/mol. The molecule has 0 fully saturated rings. The lowest BCUT2D eigenvalue weighted by Crippen LogP contribution is -2.34. The second-order valence-electron chi connectivity index (χ2n) is 8.68. The summed E-state index contributed by atoms with van der Waals surface area (Å²) in [7, 11) is 4.43. The van der Waals surface area contributed by atoms with E-state index in [1.165, 1.54) is 26.9 Å². The maximum atomic E-state index is 12.5. The summed E-state index contributed by atoms with van der Waals surface area (Å²) in [6.07, 6.45) is 0. The topological polar surface area (TPSA) is 125 Å². The molecule has 3 aromatic rings. The molecule has 2 amide bonds. The minimum Gasteiger partial charge on any atom is -0.493 e. The molecule has 10 heteroatoms. The maximum Gasteiger partial charge on any atom is 0.316 e. The van der Waals surface area contributed by atoms with Gasteiger partial charge in [0.25, 0.3) is 5.91 Å². The highest BCUT2D eigenvalue weighted by Gasteiger charge is 2.19. The predicted molar refractivity (Wildman–Crippen MR) is 129 cm³/mol. The molecule has 0 radical (unpaired) electrons. The van der Waals surface area contributed by atoms with Crippen molar-refractivity contribution in [2.75, 3.05) is 34.4 Å². The van der Waals surface area contributed by atoms with Crippen LogP contribution in [-0.4, -0.2) is 56.4 Å². The van der Waals surface area contributed by atoms with Crippen LogP contribution < -0.4 is 24.8 Å². The highest BCUT2D eigenvalue weighted by atomic mass is 16.5. The van der Waals surface area contributed by atoms with Gasteiger partial charge in [-0.2, -0.15) is 4.98 Å². The number of carbonyl (C=O) groups excluding carboxylic acids is 2. The van der Waals surface area contributed by atoms with Crippen LogP contribution in [0.3, 0.4) is 0 Å². The van der Waals surface area contributed by atoms with Gasteiger partial charge in [0.2, 0.25) is 11.6 Å². The van der Waals surface area contributed by atoms with Gasteiger partial charge in [-0.05, 0) is 23.1 Å². The number of nitrogens with zero attached hydrogens (tertiary/aromatic N) is 2. The van der Waals surface area contributed by atoms with E-state index >= 15 is 0 Å². The molecule has 2 aromatic carbocycles. The van der Waals surface area contributed by atoms with E-state index in [0.29, 0.717) is 28.6 Å². The molecule has 0 saturated carbocycles. The third kappa shape index (κ3) is 6.08. The van der Waals surface area contributed by atoms with Gasteiger partial charge in [-0.1, -0.05) is 50.2 Å². The van der Waals surface area contributed by atoms with Gasteiger partial charge in [-0.15, -0.1) is 0 Å². The van der Waals surface area contributed by atoms with E-state index in [9.17, 15) is 9.59 Å².